The van der Waals surface area contributed by atoms with Crippen molar-refractivity contribution >= 4 is 77.2 Å². The predicted molar refractivity (Wildman–Crippen MR) is 376 cm³/mol. The molecule has 0 N–H and O–H groups in total. The van der Waals surface area contributed by atoms with E-state index in [4.69, 9.17) is 56.8 Å². The molecule has 23 heteroatoms. The van der Waals surface area contributed by atoms with Crippen LogP contribution >= 0.6 is 23.5 Å². The summed E-state index contributed by atoms with van der Waals surface area (Å²) in [5.41, 5.74) is -2.73. The summed E-state index contributed by atoms with van der Waals surface area (Å²) in [5, 5.41) is 0. The van der Waals surface area contributed by atoms with Crippen LogP contribution in [-0.4, -0.2) is 155 Å². The summed E-state index contributed by atoms with van der Waals surface area (Å²) in [7, 11) is 0. The highest BCUT2D eigenvalue weighted by molar-refractivity contribution is 8.00. The number of hydrogen-bond acceptors (Lipinski definition) is 23. The molecule has 13 rings (SSSR count). The Labute approximate surface area is 605 Å². The van der Waals surface area contributed by atoms with Crippen LogP contribution in [0.1, 0.15) is 99.6 Å². The highest BCUT2D eigenvalue weighted by Gasteiger charge is 2.60. The second kappa shape index (κ2) is 33.7. The first-order valence-corrected chi connectivity index (χ1v) is 35.4. The number of fused-ring (bicyclic) bond motifs is 6. The Bertz CT molecular complexity index is 4180. The lowest BCUT2D eigenvalue weighted by Crippen LogP contribution is -2.66. The molecular weight excluding hydrogens is 1370 g/mol. The molecule has 0 radical (unpaired) electrons. The van der Waals surface area contributed by atoms with Crippen LogP contribution in [0, 0.1) is 0 Å². The highest BCUT2D eigenvalue weighted by Crippen LogP contribution is 2.45. The van der Waals surface area contributed by atoms with Crippen LogP contribution in [0.15, 0.2) is 273 Å². The van der Waals surface area contributed by atoms with Gasteiger partial charge >= 0.3 is 53.7 Å². The van der Waals surface area contributed by atoms with Crippen molar-refractivity contribution in [3.05, 3.63) is 323 Å². The van der Waals surface area contributed by atoms with Gasteiger partial charge in [-0.15, -0.1) is 23.5 Å². The Morgan fingerprint density at radius 3 is 0.606 bits per heavy atom. The minimum Gasteiger partial charge on any atom is -0.452 e. The van der Waals surface area contributed by atoms with Gasteiger partial charge in [-0.1, -0.05) is 164 Å². The molecule has 4 saturated heterocycles. The van der Waals surface area contributed by atoms with Gasteiger partial charge in [-0.2, -0.15) is 0 Å². The molecule has 0 spiro atoms. The third-order valence-electron chi connectivity index (χ3n) is 17.5. The van der Waals surface area contributed by atoms with Gasteiger partial charge in [0.25, 0.3) is 0 Å². The van der Waals surface area contributed by atoms with Crippen LogP contribution in [0.2, 0.25) is 0 Å². The molecule has 4 fully saturated rings. The Morgan fingerprint density at radius 2 is 0.375 bits per heavy atom. The number of rotatable bonds is 18. The van der Waals surface area contributed by atoms with Crippen molar-refractivity contribution in [2.24, 2.45) is 0 Å². The lowest BCUT2D eigenvalue weighted by molar-refractivity contribution is -0.242. The molecule has 0 saturated carbocycles. The SMILES string of the molecule is O=C(O[C@@H]1[C@@H](OC(=O)c2ccccc2)[C@@H]2C[C@H]3O[C@@H](SC[C@H]4O[C@@H](SC[C@@H](O2)[C@H]1OC(=O)c1ccccc1)[C@H](OC(=O)c1ccccc1)[C@@H](OC(=O)c1ccccc1)[C@@H]4OC(=O)c1ccccc1)[C@H](OC(=O)c1ccccc1)[C@@H](OC(=O)c1ccccc1)[C@@H]3OC(=O)c1ccccc1)c1ccccc1. The Kier molecular flexibility index (Phi) is 23.1. The molecule has 9 aromatic rings. The van der Waals surface area contributed by atoms with Gasteiger partial charge in [0, 0.05) is 17.9 Å². The van der Waals surface area contributed by atoms with Crippen LogP contribution in [0.3, 0.4) is 0 Å². The van der Waals surface area contributed by atoms with Gasteiger partial charge in [0.05, 0.1) is 50.1 Å². The minimum atomic E-state index is -1.85. The molecule has 4 heterocycles. The van der Waals surface area contributed by atoms with Crippen LogP contribution in [0.4, 0.5) is 0 Å². The van der Waals surface area contributed by atoms with Gasteiger partial charge in [0.2, 0.25) is 0 Å². The third kappa shape index (κ3) is 17.1. The summed E-state index contributed by atoms with van der Waals surface area (Å²) in [4.78, 5) is 134. The zero-order valence-corrected chi connectivity index (χ0v) is 56.8. The fraction of sp³-hybridized carbons (Fsp3) is 0.222. The van der Waals surface area contributed by atoms with Crippen molar-refractivity contribution in [2.45, 2.75) is 96.6 Å². The lowest BCUT2D eigenvalue weighted by atomic mass is 9.88. The number of carbonyl (C=O) groups is 9. The van der Waals surface area contributed by atoms with E-state index in [0.29, 0.717) is 0 Å². The molecule has 0 aromatic heterocycles. The monoisotopic (exact) mass is 1440 g/mol. The van der Waals surface area contributed by atoms with Crippen molar-refractivity contribution in [1.82, 2.24) is 0 Å². The van der Waals surface area contributed by atoms with Crippen molar-refractivity contribution < 1.29 is 100.0 Å². The van der Waals surface area contributed by atoms with Crippen molar-refractivity contribution in [1.29, 1.82) is 0 Å². The van der Waals surface area contributed by atoms with Crippen molar-refractivity contribution in [3.8, 4) is 0 Å². The molecule has 6 bridgehead atoms. The first-order valence-electron chi connectivity index (χ1n) is 33.3. The second-order valence-electron chi connectivity index (χ2n) is 24.3. The summed E-state index contributed by atoms with van der Waals surface area (Å²) in [6.07, 6.45) is -22.8. The molecule has 4 aliphatic rings. The molecule has 528 valence electrons. The topological polar surface area (TPSA) is 264 Å². The summed E-state index contributed by atoms with van der Waals surface area (Å²) in [6.45, 7) is 0. The van der Waals surface area contributed by atoms with Gasteiger partial charge in [0.1, 0.15) is 35.3 Å². The number of thioether (sulfide) groups is 2. The first kappa shape index (κ1) is 71.2. The van der Waals surface area contributed by atoms with Crippen molar-refractivity contribution in [2.75, 3.05) is 11.5 Å². The molecule has 104 heavy (non-hydrogen) atoms. The van der Waals surface area contributed by atoms with Gasteiger partial charge in [-0.3, -0.25) is 0 Å². The number of ether oxygens (including phenoxy) is 12. The number of esters is 9. The van der Waals surface area contributed by atoms with Gasteiger partial charge in [0.15, 0.2) is 54.9 Å². The van der Waals surface area contributed by atoms with Crippen LogP contribution in [0.25, 0.3) is 0 Å². The largest absolute Gasteiger partial charge is 0.452 e. The summed E-state index contributed by atoms with van der Waals surface area (Å²) < 4.78 is 80.9. The molecule has 9 aromatic carbocycles. The van der Waals surface area contributed by atoms with E-state index in [1.165, 1.54) is 109 Å². The standard InChI is InChI=1S/C81H66O21S2/c82-71(49-28-10-1-11-29-49)94-62-58-46-59-63(95-72(83)50-30-12-2-13-31-50)67(99-76(87)54-38-20-6-21-39-54)69(101-78(89)56-42-24-8-25-43-56)80(92-59)104-48-61-65(97-74(85)52-34-16-4-17-35-52)68(100-77(88)55-40-22-7-23-41-55)70(102-79(90)57-44-26-9-27-45-57)81(93-61)103-47-60(91-58)64(96-73(84)51-32-14-3-15-33-51)66(62)98-75(86)53-36-18-5-19-37-53/h1-45,58-70,80-81H,46-48H2/t58-,59+,60+,61+,62-,63+,64+,65+,66+,67-,68-,69+,70+,80-,81-/m0/s1. The summed E-state index contributed by atoms with van der Waals surface area (Å²) in [6, 6.07) is 70.8. The van der Waals surface area contributed by atoms with Crippen LogP contribution in [0.5, 0.6) is 0 Å². The van der Waals surface area contributed by atoms with Crippen LogP contribution < -0.4 is 0 Å². The normalized spacial score (nSPS) is 24.9. The van der Waals surface area contributed by atoms with E-state index in [1.807, 2.05) is 0 Å². The Balaban J connectivity index is 1.03. The maximum Gasteiger partial charge on any atom is 0.338 e. The molecule has 15 atom stereocenters. The lowest BCUT2D eigenvalue weighted by Gasteiger charge is -2.50. The fourth-order valence-electron chi connectivity index (χ4n) is 12.4. The number of carbonyl (C=O) groups excluding carboxylic acids is 9. The summed E-state index contributed by atoms with van der Waals surface area (Å²) >= 11 is 1.83. The van der Waals surface area contributed by atoms with E-state index >= 15 is 9.59 Å². The number of hydrogen-bond donors (Lipinski definition) is 0. The van der Waals surface area contributed by atoms with E-state index in [1.54, 1.807) is 164 Å². The smallest absolute Gasteiger partial charge is 0.338 e. The molecule has 21 nitrogen and oxygen atoms in total. The van der Waals surface area contributed by atoms with Gasteiger partial charge in [-0.25, -0.2) is 43.2 Å². The average molecular weight is 1440 g/mol. The third-order valence-corrected chi connectivity index (χ3v) is 20.0. The quantitative estimate of drug-likeness (QED) is 0.0571. The van der Waals surface area contributed by atoms with E-state index in [2.05, 4.69) is 0 Å². The molecular formula is C81H66O21S2. The first-order chi connectivity index (χ1) is 50.8. The van der Waals surface area contributed by atoms with E-state index < -0.39 is 150 Å². The van der Waals surface area contributed by atoms with E-state index in [9.17, 15) is 33.6 Å². The zero-order chi connectivity index (χ0) is 71.9. The van der Waals surface area contributed by atoms with Crippen LogP contribution in [-0.2, 0) is 56.8 Å². The number of benzene rings is 9. The molecule has 0 amide bonds. The maximum atomic E-state index is 15.0. The highest BCUT2D eigenvalue weighted by atomic mass is 32.2. The predicted octanol–water partition coefficient (Wildman–Crippen LogP) is 12.1. The minimum absolute atomic E-state index is 0.0227. The van der Waals surface area contributed by atoms with E-state index in [0.717, 1.165) is 23.5 Å². The summed E-state index contributed by atoms with van der Waals surface area (Å²) in [5.74, 6) is -9.30. The van der Waals surface area contributed by atoms with E-state index in [-0.39, 0.29) is 61.6 Å². The van der Waals surface area contributed by atoms with Crippen molar-refractivity contribution in [3.63, 3.8) is 0 Å². The molecule has 0 aliphatic carbocycles. The molecule has 4 aliphatic heterocycles. The average Bonchev–Trinajstić information content (AvgIpc) is 0.761. The van der Waals surface area contributed by atoms with Gasteiger partial charge in [-0.05, 0) is 109 Å². The van der Waals surface area contributed by atoms with Gasteiger partial charge < -0.3 is 56.8 Å². The Hall–Kier alpha value is -11.2. The second-order valence-corrected chi connectivity index (χ2v) is 26.6. The Morgan fingerprint density at radius 1 is 0.212 bits per heavy atom. The maximum absolute atomic E-state index is 15.0. The fourth-order valence-corrected chi connectivity index (χ4v) is 14.9. The molecule has 0 unspecified atom stereocenters. The zero-order valence-electron chi connectivity index (χ0n) is 55.2.